The maximum absolute atomic E-state index is 11.2. The van der Waals surface area contributed by atoms with E-state index in [4.69, 9.17) is 0 Å². The Bertz CT molecular complexity index is 503. The number of carboxylic acids is 1. The molecular formula is C14H22N2O2S. The van der Waals surface area contributed by atoms with Gasteiger partial charge in [-0.05, 0) is 24.7 Å². The number of nitrogens with one attached hydrogen (secondary N) is 1. The monoisotopic (exact) mass is 282 g/mol. The van der Waals surface area contributed by atoms with Gasteiger partial charge in [-0.3, -0.25) is 4.79 Å². The predicted octanol–water partition coefficient (Wildman–Crippen LogP) is 3.35. The fourth-order valence-electron chi connectivity index (χ4n) is 2.42. The van der Waals surface area contributed by atoms with Gasteiger partial charge < -0.3 is 10.4 Å². The highest BCUT2D eigenvalue weighted by Crippen LogP contribution is 2.63. The van der Waals surface area contributed by atoms with E-state index >= 15 is 0 Å². The summed E-state index contributed by atoms with van der Waals surface area (Å²) in [4.78, 5) is 15.7. The molecule has 106 valence electrons. The summed E-state index contributed by atoms with van der Waals surface area (Å²) in [5, 5.41) is 15.3. The van der Waals surface area contributed by atoms with Gasteiger partial charge in [-0.2, -0.15) is 0 Å². The molecule has 1 saturated carbocycles. The van der Waals surface area contributed by atoms with E-state index in [-0.39, 0.29) is 10.8 Å². The molecule has 1 fully saturated rings. The van der Waals surface area contributed by atoms with Crippen molar-refractivity contribution >= 4 is 22.4 Å². The highest BCUT2D eigenvalue weighted by Gasteiger charge is 2.65. The van der Waals surface area contributed by atoms with E-state index < -0.39 is 11.4 Å². The van der Waals surface area contributed by atoms with Crippen molar-refractivity contribution in [3.8, 4) is 0 Å². The number of aliphatic carboxylic acids is 1. The van der Waals surface area contributed by atoms with E-state index in [2.05, 4.69) is 38.0 Å². The van der Waals surface area contributed by atoms with Crippen LogP contribution in [0.5, 0.6) is 0 Å². The maximum Gasteiger partial charge on any atom is 0.315 e. The van der Waals surface area contributed by atoms with Crippen LogP contribution in [0.15, 0.2) is 5.38 Å². The molecule has 0 atom stereocenters. The van der Waals surface area contributed by atoms with Crippen LogP contribution in [-0.2, 0) is 10.2 Å². The first-order chi connectivity index (χ1) is 8.51. The lowest BCUT2D eigenvalue weighted by atomic mass is 9.90. The van der Waals surface area contributed by atoms with Gasteiger partial charge in [0.05, 0.1) is 5.69 Å². The predicted molar refractivity (Wildman–Crippen MR) is 77.7 cm³/mol. The van der Waals surface area contributed by atoms with Gasteiger partial charge in [0.1, 0.15) is 5.41 Å². The molecule has 1 aliphatic rings. The number of anilines is 1. The molecule has 2 rings (SSSR count). The summed E-state index contributed by atoms with van der Waals surface area (Å²) in [7, 11) is 0. The van der Waals surface area contributed by atoms with Crippen molar-refractivity contribution in [1.82, 2.24) is 4.98 Å². The summed E-state index contributed by atoms with van der Waals surface area (Å²) in [6.07, 6.45) is 0. The number of nitrogens with zero attached hydrogens (tertiary/aromatic N) is 1. The summed E-state index contributed by atoms with van der Waals surface area (Å²) in [6, 6.07) is 0.381. The van der Waals surface area contributed by atoms with E-state index in [1.54, 1.807) is 13.8 Å². The van der Waals surface area contributed by atoms with Crippen LogP contribution >= 0.6 is 11.3 Å². The van der Waals surface area contributed by atoms with Gasteiger partial charge >= 0.3 is 5.97 Å². The zero-order chi connectivity index (χ0) is 14.6. The molecular weight excluding hydrogens is 260 g/mol. The number of aromatic nitrogens is 1. The maximum atomic E-state index is 11.2. The zero-order valence-electron chi connectivity index (χ0n) is 12.4. The van der Waals surface area contributed by atoms with Crippen LogP contribution in [0, 0.1) is 10.8 Å². The summed E-state index contributed by atoms with van der Waals surface area (Å²) in [5.74, 6) is -0.851. The van der Waals surface area contributed by atoms with Gasteiger partial charge in [-0.15, -0.1) is 11.3 Å². The minimum atomic E-state index is -0.939. The summed E-state index contributed by atoms with van der Waals surface area (Å²) in [5.41, 5.74) is 0.150. The molecule has 2 N–H and O–H groups in total. The van der Waals surface area contributed by atoms with E-state index in [1.165, 1.54) is 11.3 Å². The van der Waals surface area contributed by atoms with Crippen molar-refractivity contribution in [3.05, 3.63) is 11.1 Å². The molecule has 0 aromatic carbocycles. The first-order valence-electron chi connectivity index (χ1n) is 6.47. The Balaban J connectivity index is 2.14. The molecule has 4 nitrogen and oxygen atoms in total. The second-order valence-corrected chi connectivity index (χ2v) is 7.85. The van der Waals surface area contributed by atoms with Gasteiger partial charge in [-0.1, -0.05) is 27.7 Å². The molecule has 1 aromatic rings. The van der Waals surface area contributed by atoms with Crippen molar-refractivity contribution < 1.29 is 9.90 Å². The fourth-order valence-corrected chi connectivity index (χ4v) is 3.32. The van der Waals surface area contributed by atoms with Crippen molar-refractivity contribution in [2.24, 2.45) is 10.8 Å². The Labute approximate surface area is 118 Å². The fraction of sp³-hybridized carbons (Fsp3) is 0.714. The summed E-state index contributed by atoms with van der Waals surface area (Å²) in [6.45, 7) is 12.3. The minimum Gasteiger partial charge on any atom is -0.481 e. The Morgan fingerprint density at radius 1 is 1.37 bits per heavy atom. The lowest BCUT2D eigenvalue weighted by Crippen LogP contribution is -2.28. The second-order valence-electron chi connectivity index (χ2n) is 6.99. The largest absolute Gasteiger partial charge is 0.481 e. The van der Waals surface area contributed by atoms with Gasteiger partial charge in [-0.25, -0.2) is 4.98 Å². The molecule has 0 spiro atoms. The highest BCUT2D eigenvalue weighted by molar-refractivity contribution is 7.13. The normalized spacial score (nSPS) is 21.2. The quantitative estimate of drug-likeness (QED) is 0.889. The molecule has 0 radical (unpaired) electrons. The van der Waals surface area contributed by atoms with E-state index in [1.807, 2.05) is 5.38 Å². The molecule has 5 heteroatoms. The van der Waals surface area contributed by atoms with Crippen LogP contribution in [0.3, 0.4) is 0 Å². The lowest BCUT2D eigenvalue weighted by molar-refractivity contribution is -0.142. The lowest BCUT2D eigenvalue weighted by Gasteiger charge is -2.15. The molecule has 1 aliphatic carbocycles. The Kier molecular flexibility index (Phi) is 2.97. The van der Waals surface area contributed by atoms with Crippen LogP contribution in [0.1, 0.15) is 47.2 Å². The molecule has 0 saturated heterocycles. The van der Waals surface area contributed by atoms with Gasteiger partial charge in [0.25, 0.3) is 0 Å². The van der Waals surface area contributed by atoms with Crippen LogP contribution in [0.4, 0.5) is 5.13 Å². The number of hydrogen-bond donors (Lipinski definition) is 2. The Hall–Kier alpha value is -1.10. The Morgan fingerprint density at radius 3 is 2.32 bits per heavy atom. The van der Waals surface area contributed by atoms with Crippen LogP contribution in [0.25, 0.3) is 0 Å². The minimum absolute atomic E-state index is 0.237. The van der Waals surface area contributed by atoms with Gasteiger partial charge in [0, 0.05) is 11.4 Å². The molecule has 0 amide bonds. The summed E-state index contributed by atoms with van der Waals surface area (Å²) >= 11 is 1.48. The van der Waals surface area contributed by atoms with E-state index in [0.717, 1.165) is 5.13 Å². The van der Waals surface area contributed by atoms with Crippen molar-refractivity contribution in [3.63, 3.8) is 0 Å². The van der Waals surface area contributed by atoms with Gasteiger partial charge in [0.2, 0.25) is 0 Å². The number of carboxylic acid groups (broad SMARTS) is 1. The van der Waals surface area contributed by atoms with Crippen molar-refractivity contribution in [1.29, 1.82) is 0 Å². The van der Waals surface area contributed by atoms with E-state index in [0.29, 0.717) is 11.7 Å². The van der Waals surface area contributed by atoms with Crippen LogP contribution in [0.2, 0.25) is 0 Å². The van der Waals surface area contributed by atoms with Gasteiger partial charge in [0.15, 0.2) is 5.13 Å². The topological polar surface area (TPSA) is 62.2 Å². The van der Waals surface area contributed by atoms with Crippen molar-refractivity contribution in [2.75, 3.05) is 5.32 Å². The third-order valence-electron chi connectivity index (χ3n) is 4.97. The third-order valence-corrected chi connectivity index (χ3v) is 5.74. The average Bonchev–Trinajstić information content (AvgIpc) is 2.69. The number of carbonyl (C=O) groups is 1. The standard InChI is InChI=1S/C14H22N2O2S/c1-12(2,10(17)18)8-7-19-11(15-8)16-9-13(3,4)14(9,5)6/h7,9H,1-6H3,(H,15,16)(H,17,18). The second kappa shape index (κ2) is 3.95. The number of rotatable bonds is 4. The molecule has 1 aromatic heterocycles. The number of thiazole rings is 1. The molecule has 0 unspecified atom stereocenters. The molecule has 0 bridgehead atoms. The molecule has 1 heterocycles. The first-order valence-corrected chi connectivity index (χ1v) is 7.35. The molecule has 0 aliphatic heterocycles. The molecule has 19 heavy (non-hydrogen) atoms. The zero-order valence-corrected chi connectivity index (χ0v) is 13.2. The Morgan fingerprint density at radius 2 is 1.89 bits per heavy atom. The van der Waals surface area contributed by atoms with Crippen molar-refractivity contribution in [2.45, 2.75) is 53.0 Å². The highest BCUT2D eigenvalue weighted by atomic mass is 32.1. The first kappa shape index (κ1) is 14.3. The van der Waals surface area contributed by atoms with Crippen LogP contribution < -0.4 is 5.32 Å². The summed E-state index contributed by atoms with van der Waals surface area (Å²) < 4.78 is 0. The smallest absolute Gasteiger partial charge is 0.315 e. The number of hydrogen-bond acceptors (Lipinski definition) is 4. The SMILES string of the molecule is CC(C)(C(=O)O)c1csc(NC2C(C)(C)C2(C)C)n1. The average molecular weight is 282 g/mol. The van der Waals surface area contributed by atoms with Crippen LogP contribution in [-0.4, -0.2) is 22.1 Å². The van der Waals surface area contributed by atoms with E-state index in [9.17, 15) is 9.90 Å². The third kappa shape index (κ3) is 2.04.